The maximum absolute atomic E-state index is 9.84. The number of aliphatic hydroxyl groups excluding tert-OH is 1. The lowest BCUT2D eigenvalue weighted by molar-refractivity contribution is 0.228. The van der Waals surface area contributed by atoms with Gasteiger partial charge < -0.3 is 5.11 Å². The molecule has 1 aromatic carbocycles. The Labute approximate surface area is 98.8 Å². The Balaban J connectivity index is 2.24. The molecule has 88 valence electrons. The minimum absolute atomic E-state index is 0.452. The Morgan fingerprint density at radius 2 is 1.88 bits per heavy atom. The molecule has 0 aliphatic rings. The fraction of sp³-hybridized carbons (Fsp3) is 0.467. The molecule has 1 N–H and O–H groups in total. The number of rotatable bonds is 7. The van der Waals surface area contributed by atoms with Gasteiger partial charge in [0, 0.05) is 0 Å². The van der Waals surface area contributed by atoms with Crippen molar-refractivity contribution in [2.45, 2.75) is 45.1 Å². The van der Waals surface area contributed by atoms with E-state index in [2.05, 4.69) is 13.0 Å². The van der Waals surface area contributed by atoms with E-state index >= 15 is 0 Å². The SMILES string of the molecule is CCCCCC/C=C/C(O)c1ccccc1. The minimum atomic E-state index is -0.452. The second-order valence-electron chi connectivity index (χ2n) is 4.13. The Morgan fingerprint density at radius 3 is 2.56 bits per heavy atom. The van der Waals surface area contributed by atoms with Crippen molar-refractivity contribution in [2.75, 3.05) is 0 Å². The van der Waals surface area contributed by atoms with Gasteiger partial charge in [0.25, 0.3) is 0 Å². The molecule has 0 radical (unpaired) electrons. The van der Waals surface area contributed by atoms with E-state index in [0.717, 1.165) is 12.0 Å². The van der Waals surface area contributed by atoms with Crippen LogP contribution in [0.2, 0.25) is 0 Å². The van der Waals surface area contributed by atoms with Crippen molar-refractivity contribution in [3.05, 3.63) is 48.0 Å². The predicted molar refractivity (Wildman–Crippen MR) is 69.3 cm³/mol. The van der Waals surface area contributed by atoms with Gasteiger partial charge in [0.15, 0.2) is 0 Å². The highest BCUT2D eigenvalue weighted by Gasteiger charge is 2.00. The van der Waals surface area contributed by atoms with Crippen LogP contribution in [0.5, 0.6) is 0 Å². The molecule has 0 fully saturated rings. The molecule has 0 saturated carbocycles. The molecule has 0 aromatic heterocycles. The normalized spacial score (nSPS) is 13.1. The van der Waals surface area contributed by atoms with Gasteiger partial charge in [-0.2, -0.15) is 0 Å². The topological polar surface area (TPSA) is 20.2 Å². The van der Waals surface area contributed by atoms with Crippen LogP contribution in [0.25, 0.3) is 0 Å². The molecule has 0 spiro atoms. The summed E-state index contributed by atoms with van der Waals surface area (Å²) in [6.07, 6.45) is 9.71. The van der Waals surface area contributed by atoms with E-state index < -0.39 is 6.10 Å². The van der Waals surface area contributed by atoms with Crippen molar-refractivity contribution in [3.8, 4) is 0 Å². The first kappa shape index (κ1) is 13.0. The molecule has 1 heteroatoms. The Bertz CT molecular complexity index is 290. The Kier molecular flexibility index (Phi) is 6.59. The lowest BCUT2D eigenvalue weighted by atomic mass is 10.1. The van der Waals surface area contributed by atoms with E-state index in [9.17, 15) is 5.11 Å². The molecule has 0 amide bonds. The molecule has 1 nitrogen and oxygen atoms in total. The van der Waals surface area contributed by atoms with Gasteiger partial charge in [-0.1, -0.05) is 68.7 Å². The summed E-state index contributed by atoms with van der Waals surface area (Å²) in [6.45, 7) is 2.22. The van der Waals surface area contributed by atoms with Crippen LogP contribution in [-0.2, 0) is 0 Å². The Hall–Kier alpha value is -1.08. The number of benzene rings is 1. The van der Waals surface area contributed by atoms with Gasteiger partial charge in [-0.25, -0.2) is 0 Å². The summed E-state index contributed by atoms with van der Waals surface area (Å²) in [4.78, 5) is 0. The van der Waals surface area contributed by atoms with Crippen LogP contribution in [0.15, 0.2) is 42.5 Å². The highest BCUT2D eigenvalue weighted by atomic mass is 16.3. The summed E-state index contributed by atoms with van der Waals surface area (Å²) in [5.41, 5.74) is 0.965. The van der Waals surface area contributed by atoms with Crippen LogP contribution >= 0.6 is 0 Å². The first-order valence-electron chi connectivity index (χ1n) is 6.24. The molecule has 1 aromatic rings. The van der Waals surface area contributed by atoms with Gasteiger partial charge in [-0.15, -0.1) is 0 Å². The smallest absolute Gasteiger partial charge is 0.0971 e. The van der Waals surface area contributed by atoms with Gasteiger partial charge in [-0.05, 0) is 18.4 Å². The number of aliphatic hydroxyl groups is 1. The average Bonchev–Trinajstić information content (AvgIpc) is 2.34. The number of allylic oxidation sites excluding steroid dienone is 1. The van der Waals surface area contributed by atoms with Gasteiger partial charge in [0.2, 0.25) is 0 Å². The summed E-state index contributed by atoms with van der Waals surface area (Å²) in [5, 5.41) is 9.84. The van der Waals surface area contributed by atoms with E-state index in [1.165, 1.54) is 25.7 Å². The molecule has 0 heterocycles. The third-order valence-electron chi connectivity index (χ3n) is 2.68. The van der Waals surface area contributed by atoms with E-state index in [1.54, 1.807) is 0 Å². The molecule has 1 atom stereocenters. The minimum Gasteiger partial charge on any atom is -0.384 e. The Morgan fingerprint density at radius 1 is 1.12 bits per heavy atom. The number of hydrogen-bond acceptors (Lipinski definition) is 1. The van der Waals surface area contributed by atoms with Crippen LogP contribution in [-0.4, -0.2) is 5.11 Å². The van der Waals surface area contributed by atoms with Crippen molar-refractivity contribution >= 4 is 0 Å². The molecular weight excluding hydrogens is 196 g/mol. The van der Waals surface area contributed by atoms with Crippen LogP contribution in [0.4, 0.5) is 0 Å². The molecule has 0 saturated heterocycles. The lowest BCUT2D eigenvalue weighted by Gasteiger charge is -2.04. The van der Waals surface area contributed by atoms with E-state index in [1.807, 2.05) is 36.4 Å². The summed E-state index contributed by atoms with van der Waals surface area (Å²) in [7, 11) is 0. The highest BCUT2D eigenvalue weighted by Crippen LogP contribution is 2.14. The first-order chi connectivity index (χ1) is 7.84. The summed E-state index contributed by atoms with van der Waals surface area (Å²) >= 11 is 0. The summed E-state index contributed by atoms with van der Waals surface area (Å²) in [5.74, 6) is 0. The summed E-state index contributed by atoms with van der Waals surface area (Å²) in [6, 6.07) is 9.77. The quantitative estimate of drug-likeness (QED) is 0.536. The van der Waals surface area contributed by atoms with Gasteiger partial charge in [0.05, 0.1) is 6.10 Å². The molecule has 16 heavy (non-hydrogen) atoms. The number of hydrogen-bond donors (Lipinski definition) is 1. The van der Waals surface area contributed by atoms with E-state index in [4.69, 9.17) is 0 Å². The van der Waals surface area contributed by atoms with Crippen molar-refractivity contribution < 1.29 is 5.11 Å². The van der Waals surface area contributed by atoms with Crippen molar-refractivity contribution in [1.82, 2.24) is 0 Å². The monoisotopic (exact) mass is 218 g/mol. The fourth-order valence-corrected chi connectivity index (χ4v) is 1.68. The van der Waals surface area contributed by atoms with Gasteiger partial charge in [0.1, 0.15) is 0 Å². The maximum Gasteiger partial charge on any atom is 0.0971 e. The van der Waals surface area contributed by atoms with E-state index in [0.29, 0.717) is 0 Å². The largest absolute Gasteiger partial charge is 0.384 e. The second kappa shape index (κ2) is 8.12. The predicted octanol–water partition coefficient (Wildman–Crippen LogP) is 4.25. The van der Waals surface area contributed by atoms with Crippen molar-refractivity contribution in [3.63, 3.8) is 0 Å². The third-order valence-corrected chi connectivity index (χ3v) is 2.68. The molecule has 1 unspecified atom stereocenters. The van der Waals surface area contributed by atoms with Crippen LogP contribution in [0.3, 0.4) is 0 Å². The van der Waals surface area contributed by atoms with Crippen LogP contribution in [0, 0.1) is 0 Å². The standard InChI is InChI=1S/C15H22O/c1-2-3-4-5-6-10-13-15(16)14-11-8-7-9-12-14/h7-13,15-16H,2-6H2,1H3/b13-10+. The molecular formula is C15H22O. The lowest BCUT2D eigenvalue weighted by Crippen LogP contribution is -1.91. The van der Waals surface area contributed by atoms with Gasteiger partial charge >= 0.3 is 0 Å². The summed E-state index contributed by atoms with van der Waals surface area (Å²) < 4.78 is 0. The zero-order chi connectivity index (χ0) is 11.6. The van der Waals surface area contributed by atoms with Crippen molar-refractivity contribution in [1.29, 1.82) is 0 Å². The second-order valence-corrected chi connectivity index (χ2v) is 4.13. The molecule has 0 bridgehead atoms. The first-order valence-corrected chi connectivity index (χ1v) is 6.24. The highest BCUT2D eigenvalue weighted by molar-refractivity contribution is 5.20. The van der Waals surface area contributed by atoms with Gasteiger partial charge in [-0.3, -0.25) is 0 Å². The maximum atomic E-state index is 9.84. The van der Waals surface area contributed by atoms with Crippen LogP contribution < -0.4 is 0 Å². The fourth-order valence-electron chi connectivity index (χ4n) is 1.68. The average molecular weight is 218 g/mol. The molecule has 0 aliphatic heterocycles. The molecule has 1 rings (SSSR count). The number of unbranched alkanes of at least 4 members (excludes halogenated alkanes) is 4. The zero-order valence-electron chi connectivity index (χ0n) is 10.1. The third kappa shape index (κ3) is 5.13. The molecule has 0 aliphatic carbocycles. The zero-order valence-corrected chi connectivity index (χ0v) is 10.1. The van der Waals surface area contributed by atoms with Crippen LogP contribution in [0.1, 0.15) is 50.7 Å². The van der Waals surface area contributed by atoms with Crippen molar-refractivity contribution in [2.24, 2.45) is 0 Å². The van der Waals surface area contributed by atoms with E-state index in [-0.39, 0.29) is 0 Å².